The van der Waals surface area contributed by atoms with Gasteiger partial charge in [0.1, 0.15) is 0 Å². The van der Waals surface area contributed by atoms with Gasteiger partial charge in [-0.3, -0.25) is 4.79 Å². The Balaban J connectivity index is 1.95. The van der Waals surface area contributed by atoms with E-state index in [2.05, 4.69) is 28.7 Å². The van der Waals surface area contributed by atoms with Gasteiger partial charge in [0.05, 0.1) is 28.6 Å². The van der Waals surface area contributed by atoms with Crippen molar-refractivity contribution >= 4 is 22.3 Å². The highest BCUT2D eigenvalue weighted by Gasteiger charge is 2.29. The predicted octanol–water partition coefficient (Wildman–Crippen LogP) is 2.52. The van der Waals surface area contributed by atoms with Crippen LogP contribution in [0.2, 0.25) is 0 Å². The van der Waals surface area contributed by atoms with Crippen molar-refractivity contribution < 1.29 is 0 Å². The van der Waals surface area contributed by atoms with Crippen LogP contribution >= 0.6 is 0 Å². The maximum Gasteiger partial charge on any atom is 0.258 e. The van der Waals surface area contributed by atoms with Crippen LogP contribution in [0.4, 0.5) is 11.4 Å². The summed E-state index contributed by atoms with van der Waals surface area (Å²) in [7, 11) is 0. The van der Waals surface area contributed by atoms with Crippen LogP contribution in [0.5, 0.6) is 0 Å². The molecule has 0 amide bonds. The first-order chi connectivity index (χ1) is 10.0. The Kier molecular flexibility index (Phi) is 3.35. The molecule has 5 heteroatoms. The van der Waals surface area contributed by atoms with Crippen LogP contribution in [-0.4, -0.2) is 23.1 Å². The summed E-state index contributed by atoms with van der Waals surface area (Å²) in [5.41, 5.74) is 8.82. The largest absolute Gasteiger partial charge is 0.397 e. The summed E-state index contributed by atoms with van der Waals surface area (Å²) >= 11 is 0. The Hall–Kier alpha value is -2.04. The Labute approximate surface area is 124 Å². The fourth-order valence-electron chi connectivity index (χ4n) is 3.04. The molecule has 1 saturated heterocycles. The van der Waals surface area contributed by atoms with Gasteiger partial charge in [-0.2, -0.15) is 0 Å². The third-order valence-corrected chi connectivity index (χ3v) is 4.95. The Morgan fingerprint density at radius 3 is 2.76 bits per heavy atom. The number of nitrogens with one attached hydrogen (secondary N) is 1. The van der Waals surface area contributed by atoms with Crippen molar-refractivity contribution in [3.63, 3.8) is 0 Å². The van der Waals surface area contributed by atoms with Crippen molar-refractivity contribution in [2.24, 2.45) is 5.41 Å². The zero-order valence-electron chi connectivity index (χ0n) is 12.6. The molecule has 5 nitrogen and oxygen atoms in total. The lowest BCUT2D eigenvalue weighted by atomic mass is 9.78. The van der Waals surface area contributed by atoms with Gasteiger partial charge in [-0.05, 0) is 30.4 Å². The van der Waals surface area contributed by atoms with Crippen molar-refractivity contribution in [1.82, 2.24) is 9.97 Å². The van der Waals surface area contributed by atoms with E-state index >= 15 is 0 Å². The summed E-state index contributed by atoms with van der Waals surface area (Å²) in [6, 6.07) is 3.68. The number of fused-ring (bicyclic) bond motifs is 1. The highest BCUT2D eigenvalue weighted by molar-refractivity contribution is 5.88. The maximum atomic E-state index is 11.8. The molecule has 0 atom stereocenters. The van der Waals surface area contributed by atoms with Gasteiger partial charge in [0.15, 0.2) is 0 Å². The maximum absolute atomic E-state index is 11.8. The summed E-state index contributed by atoms with van der Waals surface area (Å²) in [5, 5.41) is 0.550. The Bertz CT molecular complexity index is 714. The van der Waals surface area contributed by atoms with Gasteiger partial charge in [-0.25, -0.2) is 4.98 Å². The average Bonchev–Trinajstić information content (AvgIpc) is 2.49. The number of anilines is 2. The molecule has 1 fully saturated rings. The van der Waals surface area contributed by atoms with Gasteiger partial charge >= 0.3 is 0 Å². The number of nitrogens with two attached hydrogens (primary N) is 1. The number of aromatic nitrogens is 2. The normalized spacial score (nSPS) is 18.1. The van der Waals surface area contributed by atoms with Crippen LogP contribution in [0.3, 0.4) is 0 Å². The standard InChI is InChI=1S/C16H22N4O/c1-3-16(2)4-6-20(7-5-16)14-9-13-11(8-12(14)17)15(21)19-10-18-13/h8-10H,3-7,17H2,1-2H3,(H,18,19,21). The SMILES string of the molecule is CCC1(C)CCN(c2cc3nc[nH]c(=O)c3cc2N)CC1. The predicted molar refractivity (Wildman–Crippen MR) is 86.6 cm³/mol. The van der Waals surface area contributed by atoms with Crippen LogP contribution < -0.4 is 16.2 Å². The molecule has 0 unspecified atom stereocenters. The second-order valence-corrected chi connectivity index (χ2v) is 6.31. The third-order valence-electron chi connectivity index (χ3n) is 4.95. The minimum atomic E-state index is -0.143. The molecule has 2 aromatic rings. The van der Waals surface area contributed by atoms with Gasteiger partial charge in [-0.15, -0.1) is 0 Å². The number of nitrogens with zero attached hydrogens (tertiary/aromatic N) is 2. The zero-order valence-corrected chi connectivity index (χ0v) is 12.6. The molecule has 112 valence electrons. The highest BCUT2D eigenvalue weighted by atomic mass is 16.1. The van der Waals surface area contributed by atoms with Crippen LogP contribution in [-0.2, 0) is 0 Å². The van der Waals surface area contributed by atoms with E-state index in [-0.39, 0.29) is 5.56 Å². The molecule has 1 aromatic heterocycles. The topological polar surface area (TPSA) is 75.0 Å². The molecule has 2 heterocycles. The molecule has 1 aromatic carbocycles. The number of hydrogen-bond acceptors (Lipinski definition) is 4. The van der Waals surface area contributed by atoms with Crippen molar-refractivity contribution in [2.75, 3.05) is 23.7 Å². The molecule has 0 saturated carbocycles. The van der Waals surface area contributed by atoms with Crippen LogP contribution in [0.1, 0.15) is 33.1 Å². The van der Waals surface area contributed by atoms with E-state index in [1.165, 1.54) is 25.6 Å². The molecule has 0 spiro atoms. The molecular formula is C16H22N4O. The highest BCUT2D eigenvalue weighted by Crippen LogP contribution is 2.37. The van der Waals surface area contributed by atoms with Crippen LogP contribution in [0.15, 0.2) is 23.3 Å². The summed E-state index contributed by atoms with van der Waals surface area (Å²) < 4.78 is 0. The molecule has 1 aliphatic rings. The second-order valence-electron chi connectivity index (χ2n) is 6.31. The minimum Gasteiger partial charge on any atom is -0.397 e. The number of hydrogen-bond donors (Lipinski definition) is 2. The summed E-state index contributed by atoms with van der Waals surface area (Å²) in [6.45, 7) is 6.62. The lowest BCUT2D eigenvalue weighted by Gasteiger charge is -2.40. The first-order valence-corrected chi connectivity index (χ1v) is 7.54. The first kappa shape index (κ1) is 13.9. The van der Waals surface area contributed by atoms with E-state index < -0.39 is 0 Å². The van der Waals surface area contributed by atoms with Crippen molar-refractivity contribution in [1.29, 1.82) is 0 Å². The monoisotopic (exact) mass is 286 g/mol. The molecule has 3 rings (SSSR count). The molecule has 3 N–H and O–H groups in total. The van der Waals surface area contributed by atoms with E-state index in [1.807, 2.05) is 6.07 Å². The van der Waals surface area contributed by atoms with Crippen LogP contribution in [0, 0.1) is 5.41 Å². The summed E-state index contributed by atoms with van der Waals surface area (Å²) in [6.07, 6.45) is 4.99. The fourth-order valence-corrected chi connectivity index (χ4v) is 3.04. The minimum absolute atomic E-state index is 0.143. The van der Waals surface area contributed by atoms with Gasteiger partial charge in [0, 0.05) is 13.1 Å². The van der Waals surface area contributed by atoms with Gasteiger partial charge in [-0.1, -0.05) is 20.3 Å². The smallest absolute Gasteiger partial charge is 0.258 e. The third kappa shape index (κ3) is 2.48. The lowest BCUT2D eigenvalue weighted by molar-refractivity contribution is 0.238. The number of nitrogen functional groups attached to an aromatic ring is 1. The Morgan fingerprint density at radius 2 is 2.10 bits per heavy atom. The molecular weight excluding hydrogens is 264 g/mol. The van der Waals surface area contributed by atoms with Gasteiger partial charge < -0.3 is 15.6 Å². The van der Waals surface area contributed by atoms with Crippen LogP contribution in [0.25, 0.3) is 10.9 Å². The Morgan fingerprint density at radius 1 is 1.38 bits per heavy atom. The lowest BCUT2D eigenvalue weighted by Crippen LogP contribution is -2.38. The number of piperidine rings is 1. The van der Waals surface area contributed by atoms with E-state index in [1.54, 1.807) is 6.07 Å². The number of rotatable bonds is 2. The molecule has 1 aliphatic heterocycles. The van der Waals surface area contributed by atoms with E-state index in [9.17, 15) is 4.79 Å². The first-order valence-electron chi connectivity index (χ1n) is 7.54. The molecule has 21 heavy (non-hydrogen) atoms. The molecule has 0 aliphatic carbocycles. The number of aromatic amines is 1. The molecule has 0 bridgehead atoms. The van der Waals surface area contributed by atoms with Crippen molar-refractivity contribution in [3.8, 4) is 0 Å². The molecule has 0 radical (unpaired) electrons. The van der Waals surface area contributed by atoms with E-state index in [4.69, 9.17) is 5.73 Å². The van der Waals surface area contributed by atoms with Crippen molar-refractivity contribution in [3.05, 3.63) is 28.8 Å². The number of H-pyrrole nitrogens is 1. The zero-order chi connectivity index (χ0) is 15.0. The second kappa shape index (κ2) is 5.06. The van der Waals surface area contributed by atoms with E-state index in [0.29, 0.717) is 22.0 Å². The van der Waals surface area contributed by atoms with E-state index in [0.717, 1.165) is 18.8 Å². The summed E-state index contributed by atoms with van der Waals surface area (Å²) in [4.78, 5) is 20.9. The fraction of sp³-hybridized carbons (Fsp3) is 0.500. The number of benzene rings is 1. The average molecular weight is 286 g/mol. The summed E-state index contributed by atoms with van der Waals surface area (Å²) in [5.74, 6) is 0. The van der Waals surface area contributed by atoms with Gasteiger partial charge in [0.25, 0.3) is 5.56 Å². The quantitative estimate of drug-likeness (QED) is 0.832. The van der Waals surface area contributed by atoms with Gasteiger partial charge in [0.2, 0.25) is 0 Å². The van der Waals surface area contributed by atoms with Crippen molar-refractivity contribution in [2.45, 2.75) is 33.1 Å².